The molecule has 0 amide bonds. The van der Waals surface area contributed by atoms with Gasteiger partial charge in [-0.1, -0.05) is 41.4 Å². The number of nitrogen functional groups attached to an aromatic ring is 1. The Kier molecular flexibility index (Phi) is 2.80. The Morgan fingerprint density at radius 2 is 1.67 bits per heavy atom. The summed E-state index contributed by atoms with van der Waals surface area (Å²) >= 11 is 11.9. The Bertz CT molecular complexity index is 498. The molecule has 0 fully saturated rings. The SMILES string of the molecule is Nc1c(Cl)cncc1-c1ccccc1Cl. The first-order valence-electron chi connectivity index (χ1n) is 4.34. The van der Waals surface area contributed by atoms with Crippen LogP contribution >= 0.6 is 23.2 Å². The van der Waals surface area contributed by atoms with Crippen molar-refractivity contribution >= 4 is 28.9 Å². The number of aromatic nitrogens is 1. The van der Waals surface area contributed by atoms with E-state index >= 15 is 0 Å². The van der Waals surface area contributed by atoms with E-state index < -0.39 is 0 Å². The second-order valence-corrected chi connectivity index (χ2v) is 3.88. The van der Waals surface area contributed by atoms with Gasteiger partial charge in [-0.15, -0.1) is 0 Å². The first-order chi connectivity index (χ1) is 7.20. The van der Waals surface area contributed by atoms with Crippen LogP contribution in [0.5, 0.6) is 0 Å². The number of halogens is 2. The highest BCUT2D eigenvalue weighted by Gasteiger charge is 2.08. The zero-order valence-corrected chi connectivity index (χ0v) is 9.26. The smallest absolute Gasteiger partial charge is 0.0824 e. The number of nitrogens with two attached hydrogens (primary N) is 1. The van der Waals surface area contributed by atoms with E-state index in [9.17, 15) is 0 Å². The van der Waals surface area contributed by atoms with Crippen molar-refractivity contribution in [2.75, 3.05) is 5.73 Å². The summed E-state index contributed by atoms with van der Waals surface area (Å²) in [5.74, 6) is 0. The van der Waals surface area contributed by atoms with Crippen LogP contribution in [-0.2, 0) is 0 Å². The molecule has 0 atom stereocenters. The highest BCUT2D eigenvalue weighted by Crippen LogP contribution is 2.34. The normalized spacial score (nSPS) is 10.3. The number of pyridine rings is 1. The Balaban J connectivity index is 2.65. The van der Waals surface area contributed by atoms with Crippen molar-refractivity contribution in [3.05, 3.63) is 46.7 Å². The molecule has 2 rings (SSSR count). The largest absolute Gasteiger partial charge is 0.397 e. The molecule has 1 aromatic carbocycles. The molecule has 0 bridgehead atoms. The summed E-state index contributed by atoms with van der Waals surface area (Å²) in [4.78, 5) is 3.99. The average molecular weight is 239 g/mol. The standard InChI is InChI=1S/C11H8Cl2N2/c12-9-4-2-1-3-7(9)8-5-15-6-10(13)11(8)14/h1-6H,(H2,14,15). The number of benzene rings is 1. The van der Waals surface area contributed by atoms with Gasteiger partial charge in [-0.3, -0.25) is 4.98 Å². The Morgan fingerprint density at radius 1 is 0.933 bits per heavy atom. The Hall–Kier alpha value is -1.25. The van der Waals surface area contributed by atoms with Gasteiger partial charge in [0.1, 0.15) is 0 Å². The zero-order chi connectivity index (χ0) is 10.8. The molecule has 0 spiro atoms. The molecule has 1 aromatic heterocycles. The maximum Gasteiger partial charge on any atom is 0.0824 e. The van der Waals surface area contributed by atoms with Gasteiger partial charge in [0.15, 0.2) is 0 Å². The monoisotopic (exact) mass is 238 g/mol. The molecule has 0 saturated heterocycles. The summed E-state index contributed by atoms with van der Waals surface area (Å²) < 4.78 is 0. The minimum atomic E-state index is 0.437. The lowest BCUT2D eigenvalue weighted by Crippen LogP contribution is -1.92. The van der Waals surface area contributed by atoms with Crippen LogP contribution in [-0.4, -0.2) is 4.98 Å². The molecule has 1 heterocycles. The number of anilines is 1. The van der Waals surface area contributed by atoms with E-state index in [2.05, 4.69) is 4.98 Å². The van der Waals surface area contributed by atoms with Crippen molar-refractivity contribution in [1.29, 1.82) is 0 Å². The molecule has 15 heavy (non-hydrogen) atoms. The third-order valence-corrected chi connectivity index (χ3v) is 2.73. The fraction of sp³-hybridized carbons (Fsp3) is 0. The van der Waals surface area contributed by atoms with Gasteiger partial charge in [0.2, 0.25) is 0 Å². The average Bonchev–Trinajstić information content (AvgIpc) is 2.23. The van der Waals surface area contributed by atoms with E-state index in [0.29, 0.717) is 15.7 Å². The number of rotatable bonds is 1. The number of nitrogens with zero attached hydrogens (tertiary/aromatic N) is 1. The summed E-state index contributed by atoms with van der Waals surface area (Å²) in [6, 6.07) is 7.44. The van der Waals surface area contributed by atoms with Crippen molar-refractivity contribution in [3.63, 3.8) is 0 Å². The van der Waals surface area contributed by atoms with E-state index in [4.69, 9.17) is 28.9 Å². The zero-order valence-electron chi connectivity index (χ0n) is 7.74. The summed E-state index contributed by atoms with van der Waals surface area (Å²) in [6.07, 6.45) is 3.17. The quantitative estimate of drug-likeness (QED) is 0.825. The van der Waals surface area contributed by atoms with Gasteiger partial charge in [-0.05, 0) is 6.07 Å². The minimum absolute atomic E-state index is 0.437. The lowest BCUT2D eigenvalue weighted by molar-refractivity contribution is 1.33. The van der Waals surface area contributed by atoms with Crippen LogP contribution in [0, 0.1) is 0 Å². The molecule has 0 radical (unpaired) electrons. The van der Waals surface area contributed by atoms with E-state index in [1.54, 1.807) is 12.3 Å². The molecule has 4 heteroatoms. The molecule has 2 aromatic rings. The van der Waals surface area contributed by atoms with Gasteiger partial charge in [0, 0.05) is 28.5 Å². The third-order valence-electron chi connectivity index (χ3n) is 2.10. The minimum Gasteiger partial charge on any atom is -0.397 e. The van der Waals surface area contributed by atoms with Gasteiger partial charge in [-0.2, -0.15) is 0 Å². The predicted octanol–water partition coefficient (Wildman–Crippen LogP) is 3.64. The van der Waals surface area contributed by atoms with E-state index in [-0.39, 0.29) is 0 Å². The van der Waals surface area contributed by atoms with Crippen LogP contribution in [0.2, 0.25) is 10.0 Å². The van der Waals surface area contributed by atoms with Gasteiger partial charge in [0.25, 0.3) is 0 Å². The predicted molar refractivity (Wildman–Crippen MR) is 64.1 cm³/mol. The molecule has 2 nitrogen and oxygen atoms in total. The van der Waals surface area contributed by atoms with Gasteiger partial charge in [-0.25, -0.2) is 0 Å². The summed E-state index contributed by atoms with van der Waals surface area (Å²) in [7, 11) is 0. The molecule has 2 N–H and O–H groups in total. The summed E-state index contributed by atoms with van der Waals surface area (Å²) in [5.41, 5.74) is 7.95. The molecule has 0 aliphatic carbocycles. The maximum absolute atomic E-state index is 6.06. The fourth-order valence-corrected chi connectivity index (χ4v) is 1.73. The van der Waals surface area contributed by atoms with Crippen LogP contribution < -0.4 is 5.73 Å². The fourth-order valence-electron chi connectivity index (χ4n) is 1.34. The molecule has 0 saturated carbocycles. The molecule has 0 aliphatic rings. The molecule has 0 aliphatic heterocycles. The van der Waals surface area contributed by atoms with Crippen LogP contribution in [0.3, 0.4) is 0 Å². The molecular weight excluding hydrogens is 231 g/mol. The van der Waals surface area contributed by atoms with Crippen LogP contribution in [0.1, 0.15) is 0 Å². The maximum atomic E-state index is 6.06. The molecule has 0 unspecified atom stereocenters. The van der Waals surface area contributed by atoms with Crippen molar-refractivity contribution < 1.29 is 0 Å². The summed E-state index contributed by atoms with van der Waals surface area (Å²) in [6.45, 7) is 0. The van der Waals surface area contributed by atoms with E-state index in [1.165, 1.54) is 6.20 Å². The first-order valence-corrected chi connectivity index (χ1v) is 5.09. The van der Waals surface area contributed by atoms with Crippen LogP contribution in [0.25, 0.3) is 11.1 Å². The number of hydrogen-bond donors (Lipinski definition) is 1. The van der Waals surface area contributed by atoms with Crippen molar-refractivity contribution in [2.24, 2.45) is 0 Å². The second-order valence-electron chi connectivity index (χ2n) is 3.06. The highest BCUT2D eigenvalue weighted by atomic mass is 35.5. The van der Waals surface area contributed by atoms with Gasteiger partial charge in [0.05, 0.1) is 10.7 Å². The van der Waals surface area contributed by atoms with E-state index in [0.717, 1.165) is 11.1 Å². The Morgan fingerprint density at radius 3 is 2.40 bits per heavy atom. The molecule has 76 valence electrons. The van der Waals surface area contributed by atoms with Crippen LogP contribution in [0.4, 0.5) is 5.69 Å². The highest BCUT2D eigenvalue weighted by molar-refractivity contribution is 6.35. The lowest BCUT2D eigenvalue weighted by Gasteiger charge is -2.07. The molecular formula is C11H8Cl2N2. The van der Waals surface area contributed by atoms with Crippen molar-refractivity contribution in [2.45, 2.75) is 0 Å². The summed E-state index contributed by atoms with van der Waals surface area (Å²) in [5, 5.41) is 1.07. The van der Waals surface area contributed by atoms with Gasteiger partial charge < -0.3 is 5.73 Å². The number of hydrogen-bond acceptors (Lipinski definition) is 2. The van der Waals surface area contributed by atoms with Crippen LogP contribution in [0.15, 0.2) is 36.7 Å². The van der Waals surface area contributed by atoms with E-state index in [1.807, 2.05) is 18.2 Å². The second kappa shape index (κ2) is 4.09. The lowest BCUT2D eigenvalue weighted by atomic mass is 10.1. The Labute approximate surface area is 97.7 Å². The topological polar surface area (TPSA) is 38.9 Å². The third kappa shape index (κ3) is 1.91. The van der Waals surface area contributed by atoms with Gasteiger partial charge >= 0.3 is 0 Å². The van der Waals surface area contributed by atoms with Crippen molar-refractivity contribution in [3.8, 4) is 11.1 Å². The first kappa shape index (κ1) is 10.3. The van der Waals surface area contributed by atoms with Crippen molar-refractivity contribution in [1.82, 2.24) is 4.98 Å².